The van der Waals surface area contributed by atoms with Crippen LogP contribution in [0.15, 0.2) is 12.2 Å². The van der Waals surface area contributed by atoms with Crippen LogP contribution in [0, 0.1) is 0 Å². The fourth-order valence-corrected chi connectivity index (χ4v) is 1.91. The largest absolute Gasteiger partial charge is 0.481 e. The maximum Gasteiger partial charge on any atom is 0.481 e. The second-order valence-electron chi connectivity index (χ2n) is 2.54. The summed E-state index contributed by atoms with van der Waals surface area (Å²) in [5.74, 6) is -0.935. The zero-order valence-corrected chi connectivity index (χ0v) is 10.9. The van der Waals surface area contributed by atoms with E-state index in [1.807, 2.05) is 0 Å². The van der Waals surface area contributed by atoms with Crippen LogP contribution >= 0.6 is 15.6 Å². The Morgan fingerprint density at radius 3 is 1.82 bits per heavy atom. The number of carboxylic acid groups (broad SMARTS) is 1. The Hall–Kier alpha value is -0.530. The van der Waals surface area contributed by atoms with Crippen LogP contribution in [0.25, 0.3) is 0 Å². The van der Waals surface area contributed by atoms with Gasteiger partial charge < -0.3 is 19.8 Å². The maximum atomic E-state index is 10.4. The average Bonchev–Trinajstić information content (AvgIpc) is 1.99. The molecule has 0 heterocycles. The van der Waals surface area contributed by atoms with Crippen molar-refractivity contribution in [3.63, 3.8) is 0 Å². The maximum absolute atomic E-state index is 10.4. The molecule has 9 nitrogen and oxygen atoms in total. The first-order chi connectivity index (χ1) is 7.41. The molecule has 11 heteroatoms. The summed E-state index contributed by atoms with van der Waals surface area (Å²) in [4.78, 5) is 34.2. The number of hydrogen-bond acceptors (Lipinski definition) is 5. The van der Waals surface area contributed by atoms with E-state index in [9.17, 15) is 13.9 Å². The molecule has 0 aromatic carbocycles. The van der Waals surface area contributed by atoms with E-state index < -0.39 is 21.6 Å². The number of phosphoric acid groups is 2. The van der Waals surface area contributed by atoms with Crippen molar-refractivity contribution in [2.75, 3.05) is 6.61 Å². The standard InChI is InChI=1S/C4H6O2.C2H8O7P2/c1-3(2)4(5)6;1-2-8-11(6,7)9-10(3,4)5/h1H2,2H3,(H,5,6);2H2,1H3,(H,6,7)(H2,3,4,5). The van der Waals surface area contributed by atoms with Crippen molar-refractivity contribution >= 4 is 21.6 Å². The molecule has 0 bridgehead atoms. The molecule has 0 rings (SSSR count). The third-order valence-electron chi connectivity index (χ3n) is 0.867. The van der Waals surface area contributed by atoms with Gasteiger partial charge in [0.15, 0.2) is 0 Å². The summed E-state index contributed by atoms with van der Waals surface area (Å²) in [5, 5.41) is 7.89. The second kappa shape index (κ2) is 7.73. The highest BCUT2D eigenvalue weighted by molar-refractivity contribution is 7.60. The van der Waals surface area contributed by atoms with E-state index in [1.54, 1.807) is 0 Å². The van der Waals surface area contributed by atoms with E-state index in [-0.39, 0.29) is 12.2 Å². The summed E-state index contributed by atoms with van der Waals surface area (Å²) in [7, 11) is -9.53. The lowest BCUT2D eigenvalue weighted by atomic mass is 10.4. The smallest absolute Gasteiger partial charge is 0.478 e. The number of carbonyl (C=O) groups is 1. The van der Waals surface area contributed by atoms with Crippen LogP contribution in [-0.4, -0.2) is 32.4 Å². The lowest BCUT2D eigenvalue weighted by Gasteiger charge is -2.10. The highest BCUT2D eigenvalue weighted by atomic mass is 31.3. The summed E-state index contributed by atoms with van der Waals surface area (Å²) in [6.45, 7) is 5.81. The molecule has 0 aliphatic heterocycles. The van der Waals surface area contributed by atoms with Crippen LogP contribution < -0.4 is 0 Å². The number of hydrogen-bond donors (Lipinski definition) is 4. The van der Waals surface area contributed by atoms with Gasteiger partial charge in [0.2, 0.25) is 0 Å². The highest BCUT2D eigenvalue weighted by Gasteiger charge is 2.31. The van der Waals surface area contributed by atoms with E-state index in [0.29, 0.717) is 0 Å². The van der Waals surface area contributed by atoms with Crippen LogP contribution in [0.3, 0.4) is 0 Å². The summed E-state index contributed by atoms with van der Waals surface area (Å²) >= 11 is 0. The minimum atomic E-state index is -4.96. The predicted molar refractivity (Wildman–Crippen MR) is 57.0 cm³/mol. The SMILES string of the molecule is C=C(C)C(=O)O.CCOP(=O)(O)OP(=O)(O)O. The molecule has 0 spiro atoms. The van der Waals surface area contributed by atoms with Crippen LogP contribution in [0.1, 0.15) is 13.8 Å². The molecule has 0 fully saturated rings. The van der Waals surface area contributed by atoms with Crippen LogP contribution in [-0.2, 0) is 22.8 Å². The topological polar surface area (TPSA) is 151 Å². The van der Waals surface area contributed by atoms with Gasteiger partial charge in [-0.25, -0.2) is 13.9 Å². The van der Waals surface area contributed by atoms with Crippen molar-refractivity contribution < 1.29 is 42.5 Å². The van der Waals surface area contributed by atoms with Crippen molar-refractivity contribution in [1.82, 2.24) is 0 Å². The van der Waals surface area contributed by atoms with Crippen molar-refractivity contribution in [2.24, 2.45) is 0 Å². The Labute approximate surface area is 97.5 Å². The fourth-order valence-electron chi connectivity index (χ4n) is 0.321. The first-order valence-corrected chi connectivity index (χ1v) is 7.07. The summed E-state index contributed by atoms with van der Waals surface area (Å²) in [6, 6.07) is 0. The molecule has 0 aromatic rings. The monoisotopic (exact) mass is 292 g/mol. The number of phosphoric ester groups is 1. The van der Waals surface area contributed by atoms with Crippen molar-refractivity contribution in [1.29, 1.82) is 0 Å². The lowest BCUT2D eigenvalue weighted by molar-refractivity contribution is -0.132. The molecule has 0 aliphatic rings. The number of aliphatic carboxylic acids is 1. The van der Waals surface area contributed by atoms with Gasteiger partial charge in [0, 0.05) is 5.57 Å². The Bertz CT molecular complexity index is 344. The molecule has 0 saturated heterocycles. The van der Waals surface area contributed by atoms with Crippen molar-refractivity contribution in [3.8, 4) is 0 Å². The molecule has 102 valence electrons. The first-order valence-electron chi connectivity index (χ1n) is 4.04. The van der Waals surface area contributed by atoms with Gasteiger partial charge in [-0.3, -0.25) is 4.52 Å². The van der Waals surface area contributed by atoms with Gasteiger partial charge in [-0.2, -0.15) is 4.31 Å². The van der Waals surface area contributed by atoms with E-state index in [1.165, 1.54) is 13.8 Å². The molecule has 1 atom stereocenters. The average molecular weight is 292 g/mol. The zero-order chi connectivity index (χ0) is 14.3. The number of rotatable bonds is 5. The van der Waals surface area contributed by atoms with Crippen molar-refractivity contribution in [2.45, 2.75) is 13.8 Å². The highest BCUT2D eigenvalue weighted by Crippen LogP contribution is 2.57. The van der Waals surface area contributed by atoms with E-state index in [4.69, 9.17) is 19.8 Å². The van der Waals surface area contributed by atoms with E-state index in [0.717, 1.165) is 0 Å². The van der Waals surface area contributed by atoms with Gasteiger partial charge in [0.05, 0.1) is 6.61 Å². The normalized spacial score (nSPS) is 14.2. The first kappa shape index (κ1) is 18.8. The molecular formula is C6H14O9P2. The molecular weight excluding hydrogens is 278 g/mol. The lowest BCUT2D eigenvalue weighted by Crippen LogP contribution is -1.92. The van der Waals surface area contributed by atoms with E-state index in [2.05, 4.69) is 15.4 Å². The van der Waals surface area contributed by atoms with Gasteiger partial charge in [-0.05, 0) is 13.8 Å². The summed E-state index contributed by atoms with van der Waals surface area (Å²) in [5.41, 5.74) is 0.176. The molecule has 17 heavy (non-hydrogen) atoms. The molecule has 4 N–H and O–H groups in total. The Kier molecular flexibility index (Phi) is 8.56. The summed E-state index contributed by atoms with van der Waals surface area (Å²) < 4.78 is 27.9. The summed E-state index contributed by atoms with van der Waals surface area (Å²) in [6.07, 6.45) is 0. The van der Waals surface area contributed by atoms with Gasteiger partial charge >= 0.3 is 21.6 Å². The van der Waals surface area contributed by atoms with Gasteiger partial charge in [0.25, 0.3) is 0 Å². The Morgan fingerprint density at radius 2 is 1.65 bits per heavy atom. The predicted octanol–water partition coefficient (Wildman–Crippen LogP) is 0.880. The molecule has 0 aromatic heterocycles. The zero-order valence-electron chi connectivity index (χ0n) is 9.14. The molecule has 1 unspecified atom stereocenters. The second-order valence-corrected chi connectivity index (χ2v) is 5.37. The van der Waals surface area contributed by atoms with E-state index >= 15 is 0 Å². The van der Waals surface area contributed by atoms with Crippen LogP contribution in [0.5, 0.6) is 0 Å². The quantitative estimate of drug-likeness (QED) is 0.427. The van der Waals surface area contributed by atoms with Crippen LogP contribution in [0.4, 0.5) is 0 Å². The van der Waals surface area contributed by atoms with Crippen LogP contribution in [0.2, 0.25) is 0 Å². The minimum Gasteiger partial charge on any atom is -0.478 e. The fraction of sp³-hybridized carbons (Fsp3) is 0.500. The third kappa shape index (κ3) is 15.5. The Balaban J connectivity index is 0. The minimum absolute atomic E-state index is 0.173. The Morgan fingerprint density at radius 1 is 1.29 bits per heavy atom. The van der Waals surface area contributed by atoms with Gasteiger partial charge in [0.1, 0.15) is 0 Å². The molecule has 0 radical (unpaired) electrons. The number of carboxylic acids is 1. The molecule has 0 amide bonds. The van der Waals surface area contributed by atoms with Gasteiger partial charge in [-0.1, -0.05) is 6.58 Å². The third-order valence-corrected chi connectivity index (χ3v) is 3.13. The van der Waals surface area contributed by atoms with Crippen molar-refractivity contribution in [3.05, 3.63) is 12.2 Å². The van der Waals surface area contributed by atoms with Gasteiger partial charge in [-0.15, -0.1) is 0 Å². The molecule has 0 aliphatic carbocycles. The molecule has 0 saturated carbocycles.